The summed E-state index contributed by atoms with van der Waals surface area (Å²) in [6.45, 7) is 7.02. The molecule has 0 atom stereocenters. The molecule has 2 fully saturated rings. The van der Waals surface area contributed by atoms with Crippen LogP contribution >= 0.6 is 12.4 Å². The number of nitrogens with zero attached hydrogens (tertiary/aromatic N) is 1. The Morgan fingerprint density at radius 1 is 1.33 bits per heavy atom. The van der Waals surface area contributed by atoms with Crippen molar-refractivity contribution in [3.63, 3.8) is 0 Å². The Kier molecular flexibility index (Phi) is 8.56. The van der Waals surface area contributed by atoms with Gasteiger partial charge in [-0.1, -0.05) is 6.42 Å². The van der Waals surface area contributed by atoms with Crippen LogP contribution in [0.5, 0.6) is 0 Å². The molecule has 0 spiro atoms. The van der Waals surface area contributed by atoms with E-state index in [-0.39, 0.29) is 23.7 Å². The van der Waals surface area contributed by atoms with E-state index in [9.17, 15) is 4.79 Å². The van der Waals surface area contributed by atoms with Gasteiger partial charge in [-0.25, -0.2) is 0 Å². The minimum Gasteiger partial charge on any atom is -0.385 e. The summed E-state index contributed by atoms with van der Waals surface area (Å²) >= 11 is 0. The van der Waals surface area contributed by atoms with Crippen molar-refractivity contribution in [2.24, 2.45) is 5.41 Å². The SMILES string of the molecule is COCCC1(C(=O)NCCCN2CCNCC2)CCC1.Cl. The maximum Gasteiger partial charge on any atom is 0.226 e. The molecular weight excluding hydrogens is 290 g/mol. The van der Waals surface area contributed by atoms with Crippen LogP contribution in [0.15, 0.2) is 0 Å². The largest absolute Gasteiger partial charge is 0.385 e. The summed E-state index contributed by atoms with van der Waals surface area (Å²) in [4.78, 5) is 14.8. The van der Waals surface area contributed by atoms with Gasteiger partial charge in [0.2, 0.25) is 5.91 Å². The van der Waals surface area contributed by atoms with Gasteiger partial charge >= 0.3 is 0 Å². The minimum absolute atomic E-state index is 0. The highest BCUT2D eigenvalue weighted by atomic mass is 35.5. The first kappa shape index (κ1) is 18.7. The van der Waals surface area contributed by atoms with E-state index in [1.807, 2.05) is 0 Å². The molecule has 2 aliphatic rings. The average Bonchev–Trinajstić information content (AvgIpc) is 2.44. The third-order valence-electron chi connectivity index (χ3n) is 4.72. The Labute approximate surface area is 134 Å². The number of nitrogens with one attached hydrogen (secondary N) is 2. The van der Waals surface area contributed by atoms with E-state index in [1.54, 1.807) is 7.11 Å². The molecule has 1 aliphatic carbocycles. The second-order valence-electron chi connectivity index (χ2n) is 6.08. The summed E-state index contributed by atoms with van der Waals surface area (Å²) in [5, 5.41) is 6.49. The molecule has 1 aliphatic heterocycles. The summed E-state index contributed by atoms with van der Waals surface area (Å²) < 4.78 is 5.14. The van der Waals surface area contributed by atoms with E-state index in [0.717, 1.165) is 65.0 Å². The van der Waals surface area contributed by atoms with Gasteiger partial charge in [-0.2, -0.15) is 0 Å². The zero-order valence-electron chi connectivity index (χ0n) is 13.2. The highest BCUT2D eigenvalue weighted by Crippen LogP contribution is 2.44. The fourth-order valence-electron chi connectivity index (χ4n) is 3.12. The van der Waals surface area contributed by atoms with Crippen molar-refractivity contribution in [3.05, 3.63) is 0 Å². The molecule has 5 nitrogen and oxygen atoms in total. The summed E-state index contributed by atoms with van der Waals surface area (Å²) in [6.07, 6.45) is 5.15. The molecule has 1 saturated heterocycles. The lowest BCUT2D eigenvalue weighted by Crippen LogP contribution is -2.47. The highest BCUT2D eigenvalue weighted by Gasteiger charge is 2.43. The standard InChI is InChI=1S/C15H29N3O2.ClH/c1-20-13-6-15(4-2-5-15)14(19)17-7-3-10-18-11-8-16-9-12-18;/h16H,2-13H2,1H3,(H,17,19);1H. The van der Waals surface area contributed by atoms with Crippen molar-refractivity contribution >= 4 is 18.3 Å². The lowest BCUT2D eigenvalue weighted by molar-refractivity contribution is -0.137. The number of ether oxygens (including phenoxy) is 1. The number of amides is 1. The first-order chi connectivity index (χ1) is 9.77. The Balaban J connectivity index is 0.00000220. The Morgan fingerprint density at radius 2 is 2.05 bits per heavy atom. The Morgan fingerprint density at radius 3 is 2.62 bits per heavy atom. The number of carbonyl (C=O) groups excluding carboxylic acids is 1. The first-order valence-corrected chi connectivity index (χ1v) is 7.97. The van der Waals surface area contributed by atoms with Crippen LogP contribution in [-0.4, -0.2) is 63.8 Å². The summed E-state index contributed by atoms with van der Waals surface area (Å²) in [6, 6.07) is 0. The van der Waals surface area contributed by atoms with Gasteiger partial charge in [0.25, 0.3) is 0 Å². The maximum atomic E-state index is 12.3. The minimum atomic E-state index is -0.120. The number of hydrogen-bond donors (Lipinski definition) is 2. The molecule has 0 bridgehead atoms. The van der Waals surface area contributed by atoms with Crippen molar-refractivity contribution in [1.29, 1.82) is 0 Å². The van der Waals surface area contributed by atoms with Crippen molar-refractivity contribution < 1.29 is 9.53 Å². The number of rotatable bonds is 8. The molecule has 124 valence electrons. The average molecular weight is 320 g/mol. The molecule has 2 N–H and O–H groups in total. The van der Waals surface area contributed by atoms with Crippen LogP contribution in [0.3, 0.4) is 0 Å². The Hall–Kier alpha value is -0.360. The number of piperazine rings is 1. The highest BCUT2D eigenvalue weighted by molar-refractivity contribution is 5.85. The third kappa shape index (κ3) is 5.40. The topological polar surface area (TPSA) is 53.6 Å². The molecule has 1 saturated carbocycles. The molecular formula is C15H30ClN3O2. The predicted octanol–water partition coefficient (Wildman–Crippen LogP) is 1.03. The van der Waals surface area contributed by atoms with Crippen molar-refractivity contribution in [2.75, 3.05) is 53.0 Å². The molecule has 2 rings (SSSR count). The molecule has 6 heteroatoms. The van der Waals surface area contributed by atoms with Crippen molar-refractivity contribution in [2.45, 2.75) is 32.1 Å². The smallest absolute Gasteiger partial charge is 0.226 e. The normalized spacial score (nSPS) is 21.2. The second kappa shape index (κ2) is 9.62. The Bertz CT molecular complexity index is 305. The van der Waals surface area contributed by atoms with Gasteiger partial charge in [-0.3, -0.25) is 4.79 Å². The van der Waals surface area contributed by atoms with Crippen LogP contribution < -0.4 is 10.6 Å². The predicted molar refractivity (Wildman–Crippen MR) is 87.0 cm³/mol. The van der Waals surface area contributed by atoms with Crippen LogP contribution in [0.25, 0.3) is 0 Å². The summed E-state index contributed by atoms with van der Waals surface area (Å²) in [5.74, 6) is 0.251. The van der Waals surface area contributed by atoms with Gasteiger partial charge in [-0.15, -0.1) is 12.4 Å². The summed E-state index contributed by atoms with van der Waals surface area (Å²) in [7, 11) is 1.71. The maximum absolute atomic E-state index is 12.3. The quantitative estimate of drug-likeness (QED) is 0.656. The number of carbonyl (C=O) groups is 1. The van der Waals surface area contributed by atoms with Crippen molar-refractivity contribution in [1.82, 2.24) is 15.5 Å². The van der Waals surface area contributed by atoms with Crippen molar-refractivity contribution in [3.8, 4) is 0 Å². The van der Waals surface area contributed by atoms with E-state index in [4.69, 9.17) is 4.74 Å². The second-order valence-corrected chi connectivity index (χ2v) is 6.08. The molecule has 0 unspecified atom stereocenters. The number of halogens is 1. The number of methoxy groups -OCH3 is 1. The fourth-order valence-corrected chi connectivity index (χ4v) is 3.12. The lowest BCUT2D eigenvalue weighted by Gasteiger charge is -2.40. The molecule has 1 heterocycles. The van der Waals surface area contributed by atoms with Gasteiger partial charge in [0, 0.05) is 46.4 Å². The van der Waals surface area contributed by atoms with Crippen LogP contribution in [0.4, 0.5) is 0 Å². The zero-order valence-corrected chi connectivity index (χ0v) is 14.0. The molecule has 0 aromatic carbocycles. The molecule has 1 amide bonds. The van der Waals surface area contributed by atoms with Gasteiger partial charge in [0.05, 0.1) is 5.41 Å². The van der Waals surface area contributed by atoms with E-state index in [0.29, 0.717) is 6.61 Å². The van der Waals surface area contributed by atoms with Crippen LogP contribution in [-0.2, 0) is 9.53 Å². The van der Waals surface area contributed by atoms with Gasteiger partial charge in [0.1, 0.15) is 0 Å². The van der Waals surface area contributed by atoms with Gasteiger partial charge < -0.3 is 20.3 Å². The zero-order chi connectivity index (χ0) is 14.3. The molecule has 0 aromatic heterocycles. The molecule has 0 radical (unpaired) electrons. The lowest BCUT2D eigenvalue weighted by atomic mass is 9.66. The first-order valence-electron chi connectivity index (χ1n) is 7.97. The van der Waals surface area contributed by atoms with Crippen LogP contribution in [0, 0.1) is 5.41 Å². The monoisotopic (exact) mass is 319 g/mol. The van der Waals surface area contributed by atoms with E-state index in [1.165, 1.54) is 6.42 Å². The van der Waals surface area contributed by atoms with Gasteiger partial charge in [0.15, 0.2) is 0 Å². The molecule has 21 heavy (non-hydrogen) atoms. The van der Waals surface area contributed by atoms with Crippen LogP contribution in [0.1, 0.15) is 32.1 Å². The third-order valence-corrected chi connectivity index (χ3v) is 4.72. The fraction of sp³-hybridized carbons (Fsp3) is 0.933. The number of hydrogen-bond acceptors (Lipinski definition) is 4. The van der Waals surface area contributed by atoms with E-state index < -0.39 is 0 Å². The van der Waals surface area contributed by atoms with Crippen LogP contribution in [0.2, 0.25) is 0 Å². The van der Waals surface area contributed by atoms with E-state index >= 15 is 0 Å². The molecule has 0 aromatic rings. The summed E-state index contributed by atoms with van der Waals surface area (Å²) in [5.41, 5.74) is -0.120. The van der Waals surface area contributed by atoms with Gasteiger partial charge in [-0.05, 0) is 32.2 Å². The van der Waals surface area contributed by atoms with E-state index in [2.05, 4.69) is 15.5 Å².